The highest BCUT2D eigenvalue weighted by molar-refractivity contribution is 6.05. The van der Waals surface area contributed by atoms with Crippen molar-refractivity contribution in [2.24, 2.45) is 0 Å². The highest BCUT2D eigenvalue weighted by Crippen LogP contribution is 2.16. The van der Waals surface area contributed by atoms with Crippen LogP contribution >= 0.6 is 0 Å². The number of nitrogens with zero attached hydrogens (tertiary/aromatic N) is 1. The van der Waals surface area contributed by atoms with Gasteiger partial charge in [0, 0.05) is 30.8 Å². The molecule has 1 fully saturated rings. The van der Waals surface area contributed by atoms with Crippen molar-refractivity contribution < 1.29 is 19.2 Å². The predicted octanol–water partition coefficient (Wildman–Crippen LogP) is 2.97. The van der Waals surface area contributed by atoms with Gasteiger partial charge in [-0.1, -0.05) is 29.8 Å². The van der Waals surface area contributed by atoms with Gasteiger partial charge < -0.3 is 15.4 Å². The molecule has 0 aliphatic carbocycles. The van der Waals surface area contributed by atoms with Crippen molar-refractivity contribution in [3.8, 4) is 0 Å². The zero-order valence-corrected chi connectivity index (χ0v) is 16.6. The smallest absolute Gasteiger partial charge is 0.270 e. The summed E-state index contributed by atoms with van der Waals surface area (Å²) in [5, 5.41) is 16.4. The topological polar surface area (TPSA) is 111 Å². The van der Waals surface area contributed by atoms with E-state index in [4.69, 9.17) is 4.74 Å². The Morgan fingerprint density at radius 2 is 2.00 bits per heavy atom. The lowest BCUT2D eigenvalue weighted by atomic mass is 10.1. The van der Waals surface area contributed by atoms with Gasteiger partial charge in [0.15, 0.2) is 0 Å². The van der Waals surface area contributed by atoms with Crippen molar-refractivity contribution in [3.63, 3.8) is 0 Å². The van der Waals surface area contributed by atoms with E-state index in [0.29, 0.717) is 24.3 Å². The summed E-state index contributed by atoms with van der Waals surface area (Å²) in [6.45, 7) is 2.90. The Bertz CT molecular complexity index is 963. The van der Waals surface area contributed by atoms with E-state index in [2.05, 4.69) is 10.6 Å². The molecule has 2 amide bonds. The highest BCUT2D eigenvalue weighted by Gasteiger charge is 2.19. The molecular formula is C22H23N3O5. The molecule has 2 aromatic carbocycles. The van der Waals surface area contributed by atoms with Gasteiger partial charge in [0.1, 0.15) is 5.70 Å². The summed E-state index contributed by atoms with van der Waals surface area (Å²) in [5.41, 5.74) is 1.73. The number of benzene rings is 2. The number of carbonyl (C=O) groups is 2. The second kappa shape index (κ2) is 9.80. The number of rotatable bonds is 7. The molecule has 0 saturated carbocycles. The van der Waals surface area contributed by atoms with E-state index in [0.717, 1.165) is 18.4 Å². The third-order valence-electron chi connectivity index (χ3n) is 4.71. The monoisotopic (exact) mass is 409 g/mol. The molecule has 1 aliphatic rings. The third kappa shape index (κ3) is 5.74. The lowest BCUT2D eigenvalue weighted by Gasteiger charge is -2.14. The summed E-state index contributed by atoms with van der Waals surface area (Å²) in [7, 11) is 0. The van der Waals surface area contributed by atoms with E-state index in [-0.39, 0.29) is 17.5 Å². The second-order valence-corrected chi connectivity index (χ2v) is 7.08. The molecule has 0 bridgehead atoms. The van der Waals surface area contributed by atoms with Gasteiger partial charge in [-0.05, 0) is 43.5 Å². The molecule has 1 heterocycles. The maximum Gasteiger partial charge on any atom is 0.270 e. The largest absolute Gasteiger partial charge is 0.376 e. The van der Waals surface area contributed by atoms with Crippen LogP contribution in [-0.4, -0.2) is 36.0 Å². The first-order chi connectivity index (χ1) is 14.4. The summed E-state index contributed by atoms with van der Waals surface area (Å²) in [6.07, 6.45) is 3.17. The molecule has 1 unspecified atom stereocenters. The summed E-state index contributed by atoms with van der Waals surface area (Å²) < 4.78 is 5.51. The number of carbonyl (C=O) groups excluding carboxylic acids is 2. The number of ether oxygens (including phenoxy) is 1. The average Bonchev–Trinajstić information content (AvgIpc) is 3.26. The van der Waals surface area contributed by atoms with Gasteiger partial charge in [-0.15, -0.1) is 0 Å². The average molecular weight is 409 g/mol. The molecular weight excluding hydrogens is 386 g/mol. The maximum atomic E-state index is 12.8. The van der Waals surface area contributed by atoms with Crippen LogP contribution < -0.4 is 10.6 Å². The van der Waals surface area contributed by atoms with Crippen LogP contribution in [0.25, 0.3) is 6.08 Å². The molecule has 2 aromatic rings. The first-order valence-corrected chi connectivity index (χ1v) is 9.66. The van der Waals surface area contributed by atoms with Gasteiger partial charge in [0.25, 0.3) is 17.5 Å². The van der Waals surface area contributed by atoms with Crippen LogP contribution in [0.2, 0.25) is 0 Å². The standard InChI is InChI=1S/C22H23N3O5/c1-15-7-9-17(10-8-15)21(26)24-20(22(27)23-14-19-6-3-11-30-19)13-16-4-2-5-18(12-16)25(28)29/h2,4-5,7-10,12-13,19H,3,6,11,14H2,1H3,(H,23,27)(H,24,26)/b20-13+. The van der Waals surface area contributed by atoms with E-state index in [1.54, 1.807) is 30.3 Å². The van der Waals surface area contributed by atoms with E-state index >= 15 is 0 Å². The molecule has 0 aromatic heterocycles. The van der Waals surface area contributed by atoms with Gasteiger partial charge in [-0.25, -0.2) is 0 Å². The van der Waals surface area contributed by atoms with Crippen LogP contribution in [0.4, 0.5) is 5.69 Å². The zero-order valence-electron chi connectivity index (χ0n) is 16.6. The van der Waals surface area contributed by atoms with Crippen LogP contribution in [0.3, 0.4) is 0 Å². The van der Waals surface area contributed by atoms with Crippen LogP contribution in [0.15, 0.2) is 54.2 Å². The first-order valence-electron chi connectivity index (χ1n) is 9.66. The Balaban J connectivity index is 1.82. The van der Waals surface area contributed by atoms with Gasteiger partial charge in [-0.3, -0.25) is 19.7 Å². The van der Waals surface area contributed by atoms with Crippen molar-refractivity contribution in [2.75, 3.05) is 13.2 Å². The van der Waals surface area contributed by atoms with Crippen LogP contribution in [0.5, 0.6) is 0 Å². The molecule has 156 valence electrons. The Morgan fingerprint density at radius 1 is 1.23 bits per heavy atom. The minimum atomic E-state index is -0.514. The molecule has 3 rings (SSSR count). The second-order valence-electron chi connectivity index (χ2n) is 7.08. The number of nitro benzene ring substituents is 1. The minimum Gasteiger partial charge on any atom is -0.376 e. The van der Waals surface area contributed by atoms with Gasteiger partial charge in [0.2, 0.25) is 0 Å². The van der Waals surface area contributed by atoms with E-state index in [9.17, 15) is 19.7 Å². The number of hydrogen-bond acceptors (Lipinski definition) is 5. The fourth-order valence-electron chi connectivity index (χ4n) is 3.06. The van der Waals surface area contributed by atoms with Crippen molar-refractivity contribution in [1.29, 1.82) is 0 Å². The lowest BCUT2D eigenvalue weighted by molar-refractivity contribution is -0.384. The van der Waals surface area contributed by atoms with Crippen LogP contribution in [0.1, 0.15) is 34.3 Å². The Kier molecular flexibility index (Phi) is 6.92. The van der Waals surface area contributed by atoms with Gasteiger partial charge in [-0.2, -0.15) is 0 Å². The number of nitro groups is 1. The highest BCUT2D eigenvalue weighted by atomic mass is 16.6. The lowest BCUT2D eigenvalue weighted by Crippen LogP contribution is -2.38. The molecule has 1 aliphatic heterocycles. The number of hydrogen-bond donors (Lipinski definition) is 2. The van der Waals surface area contributed by atoms with Gasteiger partial charge in [0.05, 0.1) is 11.0 Å². The number of amides is 2. The molecule has 2 N–H and O–H groups in total. The van der Waals surface area contributed by atoms with Crippen molar-refractivity contribution in [3.05, 3.63) is 81.0 Å². The number of nitrogens with one attached hydrogen (secondary N) is 2. The minimum absolute atomic E-state index is 0.000861. The Labute approximate surface area is 174 Å². The van der Waals surface area contributed by atoms with Crippen molar-refractivity contribution in [1.82, 2.24) is 10.6 Å². The van der Waals surface area contributed by atoms with E-state index < -0.39 is 16.7 Å². The summed E-state index contributed by atoms with van der Waals surface area (Å²) in [6, 6.07) is 12.8. The van der Waals surface area contributed by atoms with Crippen LogP contribution in [0, 0.1) is 17.0 Å². The van der Waals surface area contributed by atoms with Crippen molar-refractivity contribution >= 4 is 23.6 Å². The zero-order chi connectivity index (χ0) is 21.5. The summed E-state index contributed by atoms with van der Waals surface area (Å²) >= 11 is 0. The van der Waals surface area contributed by atoms with Crippen LogP contribution in [-0.2, 0) is 9.53 Å². The molecule has 30 heavy (non-hydrogen) atoms. The molecule has 8 nitrogen and oxygen atoms in total. The number of aryl methyl sites for hydroxylation is 1. The quantitative estimate of drug-likeness (QED) is 0.415. The molecule has 0 spiro atoms. The summed E-state index contributed by atoms with van der Waals surface area (Å²) in [5.74, 6) is -0.934. The molecule has 1 saturated heterocycles. The predicted molar refractivity (Wildman–Crippen MR) is 112 cm³/mol. The normalized spacial score (nSPS) is 16.2. The first kappa shape index (κ1) is 21.2. The molecule has 1 atom stereocenters. The molecule has 0 radical (unpaired) electrons. The van der Waals surface area contributed by atoms with E-state index in [1.807, 2.05) is 6.92 Å². The molecule has 8 heteroatoms. The fraction of sp³-hybridized carbons (Fsp3) is 0.273. The van der Waals surface area contributed by atoms with Crippen molar-refractivity contribution in [2.45, 2.75) is 25.9 Å². The number of non-ortho nitro benzene ring substituents is 1. The van der Waals surface area contributed by atoms with Gasteiger partial charge >= 0.3 is 0 Å². The maximum absolute atomic E-state index is 12.8. The summed E-state index contributed by atoms with van der Waals surface area (Å²) in [4.78, 5) is 35.9. The third-order valence-corrected chi connectivity index (χ3v) is 4.71. The Morgan fingerprint density at radius 3 is 2.67 bits per heavy atom. The SMILES string of the molecule is Cc1ccc(C(=O)N/C(=C/c2cccc([N+](=O)[O-])c2)C(=O)NCC2CCCO2)cc1. The fourth-order valence-corrected chi connectivity index (χ4v) is 3.06. The van der Waals surface area contributed by atoms with E-state index in [1.165, 1.54) is 24.3 Å². The Hall–Kier alpha value is -3.52.